The Morgan fingerprint density at radius 3 is 2.39 bits per heavy atom. The molecule has 1 saturated heterocycles. The zero-order valence-electron chi connectivity index (χ0n) is 19.6. The van der Waals surface area contributed by atoms with Crippen LogP contribution in [0.15, 0.2) is 48.5 Å². The van der Waals surface area contributed by atoms with Gasteiger partial charge in [-0.05, 0) is 66.3 Å². The van der Waals surface area contributed by atoms with Crippen LogP contribution in [0.1, 0.15) is 55.7 Å². The summed E-state index contributed by atoms with van der Waals surface area (Å²) in [5.41, 5.74) is 3.37. The van der Waals surface area contributed by atoms with Gasteiger partial charge in [0, 0.05) is 37.1 Å². The molecule has 174 valence electrons. The molecule has 3 aliphatic rings. The molecular formula is C28H33ClN2O2. The molecule has 2 heterocycles. The van der Waals surface area contributed by atoms with Crippen LogP contribution < -0.4 is 0 Å². The van der Waals surface area contributed by atoms with Gasteiger partial charge in [0.1, 0.15) is 0 Å². The summed E-state index contributed by atoms with van der Waals surface area (Å²) in [6.45, 7) is 7.17. The highest BCUT2D eigenvalue weighted by atomic mass is 35.5. The fraction of sp³-hybridized carbons (Fsp3) is 0.500. The van der Waals surface area contributed by atoms with Crippen molar-refractivity contribution in [2.45, 2.75) is 52.0 Å². The number of carbonyl (C=O) groups excluding carboxylic acids is 2. The van der Waals surface area contributed by atoms with E-state index < -0.39 is 5.41 Å². The molecule has 5 rings (SSSR count). The van der Waals surface area contributed by atoms with Crippen molar-refractivity contribution in [1.29, 1.82) is 0 Å². The van der Waals surface area contributed by atoms with Gasteiger partial charge in [-0.2, -0.15) is 0 Å². The van der Waals surface area contributed by atoms with Gasteiger partial charge in [-0.1, -0.05) is 61.8 Å². The number of hydrogen-bond donors (Lipinski definition) is 0. The molecule has 0 aromatic heterocycles. The zero-order valence-corrected chi connectivity index (χ0v) is 20.4. The molecule has 2 aliphatic heterocycles. The Kier molecular flexibility index (Phi) is 5.98. The molecule has 2 amide bonds. The molecule has 2 fully saturated rings. The van der Waals surface area contributed by atoms with E-state index in [2.05, 4.69) is 43.0 Å². The summed E-state index contributed by atoms with van der Waals surface area (Å²) in [5, 5.41) is 0.727. The summed E-state index contributed by atoms with van der Waals surface area (Å²) in [6, 6.07) is 16.4. The van der Waals surface area contributed by atoms with Crippen molar-refractivity contribution < 1.29 is 9.59 Å². The lowest BCUT2D eigenvalue weighted by Gasteiger charge is -2.42. The van der Waals surface area contributed by atoms with Crippen LogP contribution in [0.4, 0.5) is 0 Å². The molecule has 1 aliphatic carbocycles. The van der Waals surface area contributed by atoms with E-state index in [0.717, 1.165) is 37.3 Å². The second-order valence-electron chi connectivity index (χ2n) is 10.6. The molecule has 0 bridgehead atoms. The lowest BCUT2D eigenvalue weighted by atomic mass is 9.72. The van der Waals surface area contributed by atoms with Crippen LogP contribution in [-0.4, -0.2) is 41.2 Å². The fourth-order valence-corrected chi connectivity index (χ4v) is 5.98. The number of benzene rings is 2. The van der Waals surface area contributed by atoms with Crippen LogP contribution in [0.25, 0.3) is 0 Å². The lowest BCUT2D eigenvalue weighted by Crippen LogP contribution is -2.52. The highest BCUT2D eigenvalue weighted by Gasteiger charge is 2.50. The van der Waals surface area contributed by atoms with Crippen molar-refractivity contribution in [3.8, 4) is 0 Å². The first-order valence-corrected chi connectivity index (χ1v) is 12.6. The summed E-state index contributed by atoms with van der Waals surface area (Å²) in [4.78, 5) is 31.2. The molecule has 5 heteroatoms. The Hall–Kier alpha value is -2.33. The van der Waals surface area contributed by atoms with Gasteiger partial charge in [0.25, 0.3) is 0 Å². The van der Waals surface area contributed by atoms with E-state index in [1.54, 1.807) is 0 Å². The maximum Gasteiger partial charge on any atom is 0.229 e. The number of amides is 2. The van der Waals surface area contributed by atoms with Crippen molar-refractivity contribution in [2.24, 2.45) is 17.3 Å². The van der Waals surface area contributed by atoms with Gasteiger partial charge in [0.05, 0.1) is 5.41 Å². The van der Waals surface area contributed by atoms with Crippen LogP contribution in [0.2, 0.25) is 5.02 Å². The van der Waals surface area contributed by atoms with Gasteiger partial charge in [-0.3, -0.25) is 9.59 Å². The van der Waals surface area contributed by atoms with Gasteiger partial charge in [0.15, 0.2) is 0 Å². The molecule has 2 atom stereocenters. The minimum Gasteiger partial charge on any atom is -0.342 e. The largest absolute Gasteiger partial charge is 0.342 e. The maximum absolute atomic E-state index is 13.8. The van der Waals surface area contributed by atoms with Crippen LogP contribution in [0.3, 0.4) is 0 Å². The Bertz CT molecular complexity index is 1040. The summed E-state index contributed by atoms with van der Waals surface area (Å²) in [5.74, 6) is 1.34. The topological polar surface area (TPSA) is 40.6 Å². The fourth-order valence-electron chi connectivity index (χ4n) is 5.85. The third-order valence-electron chi connectivity index (χ3n) is 7.77. The monoisotopic (exact) mass is 464 g/mol. The number of hydrogen-bond acceptors (Lipinski definition) is 2. The standard InChI is InChI=1S/C28H33ClN2O2/c1-19(2)17-31-18-22-6-4-3-5-21(22)16-28(27(31)33)11-13-30(14-12-28)26(32)25-15-24(25)20-7-9-23(29)10-8-20/h3-10,19,24-25H,11-18H2,1-2H3/t24-,25-/m1/s1. The molecule has 33 heavy (non-hydrogen) atoms. The molecule has 1 spiro atoms. The van der Waals surface area contributed by atoms with Crippen LogP contribution in [0, 0.1) is 17.3 Å². The summed E-state index contributed by atoms with van der Waals surface area (Å²) in [6.07, 6.45) is 3.20. The van der Waals surface area contributed by atoms with Crippen LogP contribution in [0.5, 0.6) is 0 Å². The van der Waals surface area contributed by atoms with E-state index in [1.165, 1.54) is 16.7 Å². The molecule has 0 unspecified atom stereocenters. The van der Waals surface area contributed by atoms with E-state index in [0.29, 0.717) is 31.5 Å². The summed E-state index contributed by atoms with van der Waals surface area (Å²) in [7, 11) is 0. The molecule has 0 N–H and O–H groups in total. The number of fused-ring (bicyclic) bond motifs is 1. The number of rotatable bonds is 4. The van der Waals surface area contributed by atoms with E-state index in [1.807, 2.05) is 29.2 Å². The normalized spacial score (nSPS) is 24.1. The predicted molar refractivity (Wildman–Crippen MR) is 131 cm³/mol. The average molecular weight is 465 g/mol. The number of carbonyl (C=O) groups is 2. The SMILES string of the molecule is CC(C)CN1Cc2ccccc2CC2(CCN(C(=O)[C@@H]3C[C@@H]3c3ccc(Cl)cc3)CC2)C1=O. The number of halogens is 1. The molecule has 1 saturated carbocycles. The van der Waals surface area contributed by atoms with E-state index >= 15 is 0 Å². The van der Waals surface area contributed by atoms with Crippen molar-refractivity contribution in [1.82, 2.24) is 9.80 Å². The first-order chi connectivity index (χ1) is 15.9. The maximum atomic E-state index is 13.8. The zero-order chi connectivity index (χ0) is 23.2. The number of likely N-dealkylation sites (tertiary alicyclic amines) is 1. The minimum absolute atomic E-state index is 0.0724. The second kappa shape index (κ2) is 8.79. The second-order valence-corrected chi connectivity index (χ2v) is 11.1. The third kappa shape index (κ3) is 4.42. The molecule has 2 aromatic rings. The van der Waals surface area contributed by atoms with Crippen LogP contribution >= 0.6 is 11.6 Å². The molecule has 2 aromatic carbocycles. The van der Waals surface area contributed by atoms with Crippen molar-refractivity contribution in [3.05, 3.63) is 70.2 Å². The van der Waals surface area contributed by atoms with Gasteiger partial charge < -0.3 is 9.80 Å². The Labute approximate surface area is 201 Å². The molecule has 0 radical (unpaired) electrons. The smallest absolute Gasteiger partial charge is 0.229 e. The van der Waals surface area contributed by atoms with Gasteiger partial charge >= 0.3 is 0 Å². The Morgan fingerprint density at radius 2 is 1.73 bits per heavy atom. The van der Waals surface area contributed by atoms with E-state index in [9.17, 15) is 9.59 Å². The summed E-state index contributed by atoms with van der Waals surface area (Å²) < 4.78 is 0. The Morgan fingerprint density at radius 1 is 1.06 bits per heavy atom. The first kappa shape index (κ1) is 22.5. The quantitative estimate of drug-likeness (QED) is 0.616. The van der Waals surface area contributed by atoms with Crippen molar-refractivity contribution in [3.63, 3.8) is 0 Å². The predicted octanol–water partition coefficient (Wildman–Crippen LogP) is 5.29. The third-order valence-corrected chi connectivity index (χ3v) is 8.02. The highest BCUT2D eigenvalue weighted by Crippen LogP contribution is 2.49. The molecule has 4 nitrogen and oxygen atoms in total. The number of nitrogens with zero attached hydrogens (tertiary/aromatic N) is 2. The molecular weight excluding hydrogens is 432 g/mol. The van der Waals surface area contributed by atoms with Gasteiger partial charge in [-0.25, -0.2) is 0 Å². The highest BCUT2D eigenvalue weighted by molar-refractivity contribution is 6.30. The van der Waals surface area contributed by atoms with Gasteiger partial charge in [-0.15, -0.1) is 0 Å². The first-order valence-electron chi connectivity index (χ1n) is 12.3. The minimum atomic E-state index is -0.391. The lowest BCUT2D eigenvalue weighted by molar-refractivity contribution is -0.149. The van der Waals surface area contributed by atoms with E-state index in [-0.39, 0.29) is 17.7 Å². The van der Waals surface area contributed by atoms with Crippen LogP contribution in [-0.2, 0) is 22.6 Å². The summed E-state index contributed by atoms with van der Waals surface area (Å²) >= 11 is 6.02. The van der Waals surface area contributed by atoms with Crippen molar-refractivity contribution in [2.75, 3.05) is 19.6 Å². The van der Waals surface area contributed by atoms with E-state index in [4.69, 9.17) is 11.6 Å². The average Bonchev–Trinajstić information content (AvgIpc) is 3.61. The Balaban J connectivity index is 1.29. The van der Waals surface area contributed by atoms with Gasteiger partial charge in [0.2, 0.25) is 11.8 Å². The number of piperidine rings is 1. The van der Waals surface area contributed by atoms with Crippen molar-refractivity contribution >= 4 is 23.4 Å².